The molecule has 0 aliphatic carbocycles. The van der Waals surface area contributed by atoms with E-state index in [1.54, 1.807) is 12.2 Å². The van der Waals surface area contributed by atoms with E-state index in [2.05, 4.69) is 17.4 Å². The van der Waals surface area contributed by atoms with Gasteiger partial charge in [-0.2, -0.15) is 5.26 Å². The Hall–Kier alpha value is -3.32. The molecule has 0 saturated heterocycles. The smallest absolute Gasteiger partial charge is 0.261 e. The maximum absolute atomic E-state index is 12.1. The van der Waals surface area contributed by atoms with Crippen molar-refractivity contribution >= 4 is 17.7 Å². The van der Waals surface area contributed by atoms with Crippen molar-refractivity contribution in [1.82, 2.24) is 5.32 Å². The lowest BCUT2D eigenvalue weighted by molar-refractivity contribution is -0.117. The van der Waals surface area contributed by atoms with Crippen molar-refractivity contribution in [2.75, 3.05) is 25.5 Å². The van der Waals surface area contributed by atoms with Crippen molar-refractivity contribution in [3.63, 3.8) is 0 Å². The summed E-state index contributed by atoms with van der Waals surface area (Å²) < 4.78 is 0. The molecule has 2 aromatic rings. The molecule has 4 nitrogen and oxygen atoms in total. The highest BCUT2D eigenvalue weighted by Gasteiger charge is 2.06. The molecule has 0 bridgehead atoms. The molecule has 0 aromatic heterocycles. The minimum Gasteiger partial charge on any atom is -0.378 e. The monoisotopic (exact) mass is 359 g/mol. The van der Waals surface area contributed by atoms with Gasteiger partial charge in [-0.1, -0.05) is 54.6 Å². The van der Waals surface area contributed by atoms with Gasteiger partial charge < -0.3 is 10.2 Å². The summed E-state index contributed by atoms with van der Waals surface area (Å²) in [5.41, 5.74) is 3.48. The number of hydrogen-bond donors (Lipinski definition) is 1. The highest BCUT2D eigenvalue weighted by Crippen LogP contribution is 2.13. The van der Waals surface area contributed by atoms with Gasteiger partial charge in [0.05, 0.1) is 0 Å². The summed E-state index contributed by atoms with van der Waals surface area (Å²) in [5, 5.41) is 12.0. The summed E-state index contributed by atoms with van der Waals surface area (Å²) in [6, 6.07) is 20.1. The maximum atomic E-state index is 12.1. The molecule has 4 heteroatoms. The van der Waals surface area contributed by atoms with Gasteiger partial charge in [0.1, 0.15) is 11.6 Å². The van der Waals surface area contributed by atoms with Crippen LogP contribution in [0.3, 0.4) is 0 Å². The summed E-state index contributed by atoms with van der Waals surface area (Å²) in [6.45, 7) is 0.544. The molecule has 0 fully saturated rings. The molecule has 0 radical (unpaired) electrons. The van der Waals surface area contributed by atoms with E-state index >= 15 is 0 Å². The zero-order chi connectivity index (χ0) is 19.5. The zero-order valence-corrected chi connectivity index (χ0v) is 15.9. The Labute approximate surface area is 161 Å². The van der Waals surface area contributed by atoms with Crippen molar-refractivity contribution in [1.29, 1.82) is 5.26 Å². The molecule has 0 saturated carbocycles. The van der Waals surface area contributed by atoms with Crippen LogP contribution in [0.25, 0.3) is 6.08 Å². The Kier molecular flexibility index (Phi) is 7.87. The minimum absolute atomic E-state index is 0.107. The SMILES string of the molecule is CN(C)c1ccc(/C=C/C=C(/C#N)C(=O)NCCCc2ccccc2)cc1. The second-order valence-electron chi connectivity index (χ2n) is 6.38. The molecule has 0 atom stereocenters. The van der Waals surface area contributed by atoms with Crippen LogP contribution in [0.5, 0.6) is 0 Å². The molecule has 0 spiro atoms. The number of hydrogen-bond acceptors (Lipinski definition) is 3. The first-order valence-corrected chi connectivity index (χ1v) is 8.98. The van der Waals surface area contributed by atoms with Crippen LogP contribution in [0.15, 0.2) is 72.3 Å². The number of amides is 1. The number of carbonyl (C=O) groups is 1. The summed E-state index contributed by atoms with van der Waals surface area (Å²) in [5.74, 6) is -0.335. The standard InChI is InChI=1S/C23H25N3O/c1-26(2)22-15-13-20(14-16-22)10-6-12-21(18-24)23(27)25-17-7-11-19-8-4-3-5-9-19/h3-6,8-10,12-16H,7,11,17H2,1-2H3,(H,25,27)/b10-6+,21-12-. The van der Waals surface area contributed by atoms with Crippen LogP contribution >= 0.6 is 0 Å². The average molecular weight is 359 g/mol. The predicted octanol–water partition coefficient (Wildman–Crippen LogP) is 3.96. The molecule has 27 heavy (non-hydrogen) atoms. The average Bonchev–Trinajstić information content (AvgIpc) is 2.69. The van der Waals surface area contributed by atoms with Crippen LogP contribution in [0.1, 0.15) is 17.5 Å². The van der Waals surface area contributed by atoms with Crippen molar-refractivity contribution in [3.05, 3.63) is 83.4 Å². The molecule has 0 aliphatic heterocycles. The third-order valence-corrected chi connectivity index (χ3v) is 4.10. The van der Waals surface area contributed by atoms with E-state index in [0.717, 1.165) is 24.1 Å². The second kappa shape index (κ2) is 10.6. The quantitative estimate of drug-likeness (QED) is 0.336. The van der Waals surface area contributed by atoms with Crippen molar-refractivity contribution in [3.8, 4) is 6.07 Å². The number of rotatable bonds is 8. The number of aryl methyl sites for hydroxylation is 1. The van der Waals surface area contributed by atoms with Crippen molar-refractivity contribution in [2.24, 2.45) is 0 Å². The molecular formula is C23H25N3O. The van der Waals surface area contributed by atoms with E-state index in [1.807, 2.05) is 73.6 Å². The van der Waals surface area contributed by atoms with Crippen LogP contribution in [0.4, 0.5) is 5.69 Å². The Bertz CT molecular complexity index is 828. The minimum atomic E-state index is -0.335. The normalized spacial score (nSPS) is 11.2. The van der Waals surface area contributed by atoms with Gasteiger partial charge in [0, 0.05) is 26.3 Å². The van der Waals surface area contributed by atoms with Gasteiger partial charge in [0.2, 0.25) is 0 Å². The van der Waals surface area contributed by atoms with Gasteiger partial charge in [0.25, 0.3) is 5.91 Å². The van der Waals surface area contributed by atoms with E-state index in [-0.39, 0.29) is 11.5 Å². The zero-order valence-electron chi connectivity index (χ0n) is 15.9. The maximum Gasteiger partial charge on any atom is 0.261 e. The van der Waals surface area contributed by atoms with Crippen LogP contribution in [-0.4, -0.2) is 26.5 Å². The Morgan fingerprint density at radius 3 is 2.44 bits per heavy atom. The summed E-state index contributed by atoms with van der Waals surface area (Å²) in [4.78, 5) is 14.1. The highest BCUT2D eigenvalue weighted by molar-refractivity contribution is 5.97. The van der Waals surface area contributed by atoms with E-state index in [9.17, 15) is 10.1 Å². The van der Waals surface area contributed by atoms with E-state index < -0.39 is 0 Å². The Balaban J connectivity index is 1.83. The third kappa shape index (κ3) is 6.83. The molecule has 0 unspecified atom stereocenters. The molecular weight excluding hydrogens is 334 g/mol. The number of carbonyl (C=O) groups excluding carboxylic acids is 1. The highest BCUT2D eigenvalue weighted by atomic mass is 16.1. The van der Waals surface area contributed by atoms with E-state index in [1.165, 1.54) is 5.56 Å². The van der Waals surface area contributed by atoms with Gasteiger partial charge in [-0.25, -0.2) is 0 Å². The Morgan fingerprint density at radius 2 is 1.81 bits per heavy atom. The van der Waals surface area contributed by atoms with Crippen LogP contribution in [0.2, 0.25) is 0 Å². The van der Waals surface area contributed by atoms with Crippen LogP contribution in [-0.2, 0) is 11.2 Å². The topological polar surface area (TPSA) is 56.1 Å². The molecule has 2 rings (SSSR count). The number of nitrogens with zero attached hydrogens (tertiary/aromatic N) is 2. The van der Waals surface area contributed by atoms with Crippen LogP contribution in [0, 0.1) is 11.3 Å². The number of anilines is 1. The molecule has 138 valence electrons. The number of allylic oxidation sites excluding steroid dienone is 2. The molecule has 0 aliphatic rings. The lowest BCUT2D eigenvalue weighted by Crippen LogP contribution is -2.25. The molecule has 1 amide bonds. The fourth-order valence-electron chi connectivity index (χ4n) is 2.54. The number of benzene rings is 2. The first kappa shape index (κ1) is 20.0. The predicted molar refractivity (Wildman–Crippen MR) is 111 cm³/mol. The first-order valence-electron chi connectivity index (χ1n) is 8.98. The van der Waals surface area contributed by atoms with Crippen LogP contribution < -0.4 is 10.2 Å². The van der Waals surface area contributed by atoms with Gasteiger partial charge >= 0.3 is 0 Å². The fraction of sp³-hybridized carbons (Fsp3) is 0.217. The lowest BCUT2D eigenvalue weighted by atomic mass is 10.1. The second-order valence-corrected chi connectivity index (χ2v) is 6.38. The van der Waals surface area contributed by atoms with Crippen molar-refractivity contribution < 1.29 is 4.79 Å². The summed E-state index contributed by atoms with van der Waals surface area (Å²) >= 11 is 0. The van der Waals surface area contributed by atoms with Gasteiger partial charge in [0.15, 0.2) is 0 Å². The molecule has 2 aromatic carbocycles. The third-order valence-electron chi connectivity index (χ3n) is 4.10. The lowest BCUT2D eigenvalue weighted by Gasteiger charge is -2.11. The Morgan fingerprint density at radius 1 is 1.11 bits per heavy atom. The van der Waals surface area contributed by atoms with E-state index in [4.69, 9.17) is 0 Å². The van der Waals surface area contributed by atoms with E-state index in [0.29, 0.717) is 6.54 Å². The first-order chi connectivity index (χ1) is 13.1. The fourth-order valence-corrected chi connectivity index (χ4v) is 2.54. The molecule has 0 heterocycles. The number of nitrogens with one attached hydrogen (secondary N) is 1. The van der Waals surface area contributed by atoms with Gasteiger partial charge in [-0.3, -0.25) is 4.79 Å². The summed E-state index contributed by atoms with van der Waals surface area (Å²) in [7, 11) is 3.98. The summed E-state index contributed by atoms with van der Waals surface area (Å²) in [6.07, 6.45) is 6.89. The van der Waals surface area contributed by atoms with Crippen molar-refractivity contribution in [2.45, 2.75) is 12.8 Å². The van der Waals surface area contributed by atoms with Gasteiger partial charge in [-0.15, -0.1) is 0 Å². The van der Waals surface area contributed by atoms with Gasteiger partial charge in [-0.05, 0) is 42.2 Å². The molecule has 1 N–H and O–H groups in total. The number of nitriles is 1. The largest absolute Gasteiger partial charge is 0.378 e.